The number of hydrogen-bond acceptors (Lipinski definition) is 6. The van der Waals surface area contributed by atoms with E-state index in [4.69, 9.17) is 4.74 Å². The molecule has 0 aliphatic heterocycles. The molecule has 0 heterocycles. The van der Waals surface area contributed by atoms with Gasteiger partial charge in [-0.1, -0.05) is 12.1 Å². The Hall–Kier alpha value is -2.47. The molecular formula is C19H25N3O6S2. The first-order valence-electron chi connectivity index (χ1n) is 9.01. The summed E-state index contributed by atoms with van der Waals surface area (Å²) in [5, 5.41) is 2.66. The van der Waals surface area contributed by atoms with E-state index < -0.39 is 26.0 Å². The van der Waals surface area contributed by atoms with Crippen molar-refractivity contribution in [3.63, 3.8) is 0 Å². The molecule has 1 amide bonds. The van der Waals surface area contributed by atoms with E-state index in [1.54, 1.807) is 26.0 Å². The number of carbonyl (C=O) groups is 1. The van der Waals surface area contributed by atoms with Gasteiger partial charge in [-0.25, -0.2) is 26.3 Å². The van der Waals surface area contributed by atoms with E-state index in [0.29, 0.717) is 5.56 Å². The highest BCUT2D eigenvalue weighted by atomic mass is 32.2. The molecule has 0 spiro atoms. The van der Waals surface area contributed by atoms with Crippen LogP contribution >= 0.6 is 0 Å². The van der Waals surface area contributed by atoms with Gasteiger partial charge in [0, 0.05) is 18.2 Å². The van der Waals surface area contributed by atoms with E-state index in [1.165, 1.54) is 44.5 Å². The van der Waals surface area contributed by atoms with Crippen LogP contribution in [0.5, 0.6) is 5.75 Å². The average Bonchev–Trinajstić information content (AvgIpc) is 2.70. The molecule has 164 valence electrons. The zero-order chi connectivity index (χ0) is 22.5. The van der Waals surface area contributed by atoms with Crippen LogP contribution in [-0.2, 0) is 26.6 Å². The summed E-state index contributed by atoms with van der Waals surface area (Å²) in [5.41, 5.74) is 0.696. The van der Waals surface area contributed by atoms with Crippen molar-refractivity contribution in [2.24, 2.45) is 0 Å². The molecule has 0 aromatic heterocycles. The molecule has 0 atom stereocenters. The van der Waals surface area contributed by atoms with Gasteiger partial charge in [0.1, 0.15) is 10.6 Å². The van der Waals surface area contributed by atoms with Crippen LogP contribution in [0.1, 0.15) is 29.8 Å². The third-order valence-corrected chi connectivity index (χ3v) is 7.13. The van der Waals surface area contributed by atoms with Gasteiger partial charge in [0.05, 0.1) is 12.0 Å². The highest BCUT2D eigenvalue weighted by molar-refractivity contribution is 7.89. The van der Waals surface area contributed by atoms with E-state index in [-0.39, 0.29) is 33.7 Å². The summed E-state index contributed by atoms with van der Waals surface area (Å²) in [6.07, 6.45) is 0. The molecule has 11 heteroatoms. The number of methoxy groups -OCH3 is 1. The number of hydrogen-bond donors (Lipinski definition) is 3. The van der Waals surface area contributed by atoms with E-state index in [0.717, 1.165) is 0 Å². The number of amides is 1. The second kappa shape index (κ2) is 9.56. The lowest BCUT2D eigenvalue weighted by molar-refractivity contribution is 0.0950. The largest absolute Gasteiger partial charge is 0.495 e. The number of carbonyl (C=O) groups excluding carboxylic acids is 1. The number of ether oxygens (including phenoxy) is 1. The second-order valence-electron chi connectivity index (χ2n) is 6.68. The normalized spacial score (nSPS) is 12.0. The number of rotatable bonds is 9. The molecule has 0 aliphatic carbocycles. The monoisotopic (exact) mass is 455 g/mol. The summed E-state index contributed by atoms with van der Waals surface area (Å²) >= 11 is 0. The third kappa shape index (κ3) is 5.79. The van der Waals surface area contributed by atoms with Crippen molar-refractivity contribution in [1.29, 1.82) is 0 Å². The quantitative estimate of drug-likeness (QED) is 0.521. The van der Waals surface area contributed by atoms with Gasteiger partial charge >= 0.3 is 0 Å². The molecular weight excluding hydrogens is 430 g/mol. The topological polar surface area (TPSA) is 131 Å². The lowest BCUT2D eigenvalue weighted by atomic mass is 10.2. The Bertz CT molecular complexity index is 1130. The van der Waals surface area contributed by atoms with Crippen molar-refractivity contribution in [2.45, 2.75) is 36.2 Å². The van der Waals surface area contributed by atoms with Crippen LogP contribution in [0.25, 0.3) is 0 Å². The number of benzene rings is 2. The van der Waals surface area contributed by atoms with Crippen molar-refractivity contribution in [2.75, 3.05) is 14.2 Å². The van der Waals surface area contributed by atoms with Gasteiger partial charge in [0.15, 0.2) is 0 Å². The zero-order valence-corrected chi connectivity index (χ0v) is 18.7. The lowest BCUT2D eigenvalue weighted by Gasteiger charge is -2.12. The van der Waals surface area contributed by atoms with Gasteiger partial charge in [-0.2, -0.15) is 0 Å². The summed E-state index contributed by atoms with van der Waals surface area (Å²) in [5.74, 6) is -0.407. The van der Waals surface area contributed by atoms with Crippen LogP contribution in [0.3, 0.4) is 0 Å². The number of sulfonamides is 2. The predicted octanol–water partition coefficient (Wildman–Crippen LogP) is 1.22. The van der Waals surface area contributed by atoms with E-state index in [1.807, 2.05) is 0 Å². The molecule has 0 radical (unpaired) electrons. The molecule has 0 fully saturated rings. The maximum atomic E-state index is 12.5. The maximum Gasteiger partial charge on any atom is 0.251 e. The molecule has 0 saturated carbocycles. The Morgan fingerprint density at radius 3 is 2.33 bits per heavy atom. The maximum absolute atomic E-state index is 12.5. The molecule has 2 aromatic rings. The Morgan fingerprint density at radius 1 is 1.03 bits per heavy atom. The molecule has 2 rings (SSSR count). The van der Waals surface area contributed by atoms with Crippen LogP contribution in [0.2, 0.25) is 0 Å². The minimum Gasteiger partial charge on any atom is -0.495 e. The molecule has 30 heavy (non-hydrogen) atoms. The molecule has 9 nitrogen and oxygen atoms in total. The predicted molar refractivity (Wildman–Crippen MR) is 112 cm³/mol. The van der Waals surface area contributed by atoms with Crippen molar-refractivity contribution in [3.8, 4) is 5.75 Å². The van der Waals surface area contributed by atoms with Gasteiger partial charge in [-0.15, -0.1) is 0 Å². The van der Waals surface area contributed by atoms with Crippen molar-refractivity contribution in [3.05, 3.63) is 53.6 Å². The number of nitrogens with one attached hydrogen (secondary N) is 3. The first-order chi connectivity index (χ1) is 14.0. The summed E-state index contributed by atoms with van der Waals surface area (Å²) in [7, 11) is -4.89. The Labute approximate surface area is 176 Å². The van der Waals surface area contributed by atoms with E-state index in [2.05, 4.69) is 14.8 Å². The van der Waals surface area contributed by atoms with Gasteiger partial charge in [0.2, 0.25) is 20.0 Å². The Balaban J connectivity index is 2.21. The molecule has 3 N–H and O–H groups in total. The first kappa shape index (κ1) is 23.8. The first-order valence-corrected chi connectivity index (χ1v) is 12.0. The van der Waals surface area contributed by atoms with Gasteiger partial charge < -0.3 is 10.1 Å². The smallest absolute Gasteiger partial charge is 0.251 e. The van der Waals surface area contributed by atoms with Crippen LogP contribution in [0, 0.1) is 0 Å². The molecule has 2 aromatic carbocycles. The summed E-state index contributed by atoms with van der Waals surface area (Å²) in [6, 6.07) is 10.00. The second-order valence-corrected chi connectivity index (χ2v) is 10.2. The fraction of sp³-hybridized carbons (Fsp3) is 0.316. The minimum absolute atomic E-state index is 0.0595. The summed E-state index contributed by atoms with van der Waals surface area (Å²) in [4.78, 5) is 12.4. The summed E-state index contributed by atoms with van der Waals surface area (Å²) in [6.45, 7) is 3.50. The van der Waals surface area contributed by atoms with Crippen LogP contribution in [-0.4, -0.2) is 42.9 Å². The van der Waals surface area contributed by atoms with Crippen LogP contribution in [0.4, 0.5) is 0 Å². The molecule has 0 unspecified atom stereocenters. The van der Waals surface area contributed by atoms with Crippen molar-refractivity contribution >= 4 is 26.0 Å². The molecule has 0 bridgehead atoms. The summed E-state index contributed by atoms with van der Waals surface area (Å²) < 4.78 is 58.7. The standard InChI is InChI=1S/C19H25N3O6S2/c1-13(2)22-29(24,25)16-7-5-6-14(10-16)12-21-19(23)15-8-9-17(28-4)18(11-15)30(26,27)20-3/h5-11,13,20,22H,12H2,1-4H3,(H,21,23). The Morgan fingerprint density at radius 2 is 1.73 bits per heavy atom. The minimum atomic E-state index is -3.82. The SMILES string of the molecule is CNS(=O)(=O)c1cc(C(=O)NCc2cccc(S(=O)(=O)NC(C)C)c2)ccc1OC. The van der Waals surface area contributed by atoms with Gasteiger partial charge in [-0.3, -0.25) is 4.79 Å². The highest BCUT2D eigenvalue weighted by Crippen LogP contribution is 2.24. The fourth-order valence-electron chi connectivity index (χ4n) is 2.62. The van der Waals surface area contributed by atoms with Crippen molar-refractivity contribution in [1.82, 2.24) is 14.8 Å². The highest BCUT2D eigenvalue weighted by Gasteiger charge is 2.20. The van der Waals surface area contributed by atoms with Crippen LogP contribution in [0.15, 0.2) is 52.3 Å². The Kier molecular flexibility index (Phi) is 7.59. The molecule has 0 aliphatic rings. The average molecular weight is 456 g/mol. The van der Waals surface area contributed by atoms with Crippen LogP contribution < -0.4 is 19.5 Å². The lowest BCUT2D eigenvalue weighted by Crippen LogP contribution is -2.30. The third-order valence-electron chi connectivity index (χ3n) is 4.04. The van der Waals surface area contributed by atoms with E-state index >= 15 is 0 Å². The zero-order valence-electron chi connectivity index (χ0n) is 17.1. The van der Waals surface area contributed by atoms with Gasteiger partial charge in [-0.05, 0) is 56.8 Å². The van der Waals surface area contributed by atoms with Crippen molar-refractivity contribution < 1.29 is 26.4 Å². The van der Waals surface area contributed by atoms with E-state index in [9.17, 15) is 21.6 Å². The molecule has 0 saturated heterocycles. The fourth-order valence-corrected chi connectivity index (χ4v) is 4.86. The van der Waals surface area contributed by atoms with Gasteiger partial charge in [0.25, 0.3) is 5.91 Å².